The molecular weight excluding hydrogens is 402 g/mol. The zero-order valence-electron chi connectivity index (χ0n) is 18.7. The highest BCUT2D eigenvalue weighted by Crippen LogP contribution is 2.42. The van der Waals surface area contributed by atoms with Gasteiger partial charge in [-0.1, -0.05) is 6.07 Å². The Morgan fingerprint density at radius 1 is 1.23 bits per heavy atom. The summed E-state index contributed by atoms with van der Waals surface area (Å²) >= 11 is 0. The molecule has 1 aromatic heterocycles. The highest BCUT2D eigenvalue weighted by molar-refractivity contribution is 6.07. The molecule has 10 heteroatoms. The fraction of sp³-hybridized carbons (Fsp3) is 0.571. The summed E-state index contributed by atoms with van der Waals surface area (Å²) < 4.78 is 10.7. The topological polar surface area (TPSA) is 113 Å². The van der Waals surface area contributed by atoms with Crippen LogP contribution in [0.2, 0.25) is 0 Å². The molecule has 2 aliphatic rings. The second-order valence-corrected chi connectivity index (χ2v) is 8.99. The maximum atomic E-state index is 12.9. The average Bonchev–Trinajstić information content (AvgIpc) is 3.17. The zero-order chi connectivity index (χ0) is 23.0. The number of carbonyl (C=O) groups is 3. The predicted molar refractivity (Wildman–Crippen MR) is 112 cm³/mol. The molecule has 1 saturated heterocycles. The number of carbonyl (C=O) groups excluding carboxylic acids is 3. The van der Waals surface area contributed by atoms with Crippen LogP contribution in [-0.2, 0) is 9.47 Å². The van der Waals surface area contributed by atoms with Crippen LogP contribution in [0.1, 0.15) is 52.0 Å². The van der Waals surface area contributed by atoms with Gasteiger partial charge in [0, 0.05) is 12.7 Å². The van der Waals surface area contributed by atoms with Crippen molar-refractivity contribution in [1.82, 2.24) is 20.2 Å². The van der Waals surface area contributed by atoms with Crippen LogP contribution >= 0.6 is 0 Å². The lowest BCUT2D eigenvalue weighted by atomic mass is 9.89. The minimum atomic E-state index is -0.819. The summed E-state index contributed by atoms with van der Waals surface area (Å²) in [5.74, 6) is -0.579. The van der Waals surface area contributed by atoms with Gasteiger partial charge in [0.1, 0.15) is 17.1 Å². The van der Waals surface area contributed by atoms with Gasteiger partial charge >= 0.3 is 12.2 Å². The van der Waals surface area contributed by atoms with Crippen LogP contribution in [0.15, 0.2) is 29.5 Å². The molecule has 1 fully saturated rings. The standard InChI is InChI=1S/C21H29N5O5/c1-7-30-19(29)26-15-13(12-25(21(15,5)6)18(28)31-20(2,3)4)16(24-26)23-17(27)14-10-8-9-11-22-14/h8-11,13,15H,7,12H2,1-6H3,(H,23,24,27). The van der Waals surface area contributed by atoms with E-state index in [-0.39, 0.29) is 24.7 Å². The van der Waals surface area contributed by atoms with E-state index in [1.165, 1.54) is 11.2 Å². The van der Waals surface area contributed by atoms with Gasteiger partial charge in [-0.25, -0.2) is 9.59 Å². The van der Waals surface area contributed by atoms with E-state index in [9.17, 15) is 14.4 Å². The van der Waals surface area contributed by atoms with Crippen LogP contribution < -0.4 is 5.32 Å². The highest BCUT2D eigenvalue weighted by atomic mass is 16.6. The van der Waals surface area contributed by atoms with Gasteiger partial charge in [-0.15, -0.1) is 0 Å². The zero-order valence-corrected chi connectivity index (χ0v) is 18.7. The number of hydrogen-bond donors (Lipinski definition) is 1. The summed E-state index contributed by atoms with van der Waals surface area (Å²) in [7, 11) is 0. The normalized spacial score (nSPS) is 21.9. The third-order valence-electron chi connectivity index (χ3n) is 5.22. The monoisotopic (exact) mass is 431 g/mol. The molecule has 2 aliphatic heterocycles. The third kappa shape index (κ3) is 4.47. The van der Waals surface area contributed by atoms with E-state index in [2.05, 4.69) is 15.4 Å². The molecule has 1 aromatic rings. The number of amidine groups is 1. The first kappa shape index (κ1) is 22.5. The Morgan fingerprint density at radius 3 is 2.52 bits per heavy atom. The van der Waals surface area contributed by atoms with Crippen molar-refractivity contribution in [1.29, 1.82) is 0 Å². The van der Waals surface area contributed by atoms with E-state index >= 15 is 0 Å². The minimum Gasteiger partial charge on any atom is -0.448 e. The first-order chi connectivity index (χ1) is 14.5. The Labute approximate surface area is 181 Å². The molecular formula is C21H29N5O5. The second-order valence-electron chi connectivity index (χ2n) is 8.99. The van der Waals surface area contributed by atoms with Crippen molar-refractivity contribution in [3.05, 3.63) is 30.1 Å². The summed E-state index contributed by atoms with van der Waals surface area (Å²) in [6.07, 6.45) is 0.381. The van der Waals surface area contributed by atoms with Crippen molar-refractivity contribution in [3.8, 4) is 0 Å². The van der Waals surface area contributed by atoms with Gasteiger partial charge in [0.2, 0.25) is 0 Å². The van der Waals surface area contributed by atoms with Crippen LogP contribution in [-0.4, -0.2) is 69.2 Å². The quantitative estimate of drug-likeness (QED) is 0.770. The van der Waals surface area contributed by atoms with E-state index in [0.717, 1.165) is 0 Å². The maximum Gasteiger partial charge on any atom is 0.430 e. The van der Waals surface area contributed by atoms with Gasteiger partial charge in [0.05, 0.1) is 24.1 Å². The van der Waals surface area contributed by atoms with Gasteiger partial charge < -0.3 is 19.7 Å². The lowest BCUT2D eigenvalue weighted by Crippen LogP contribution is -2.54. The molecule has 168 valence electrons. The van der Waals surface area contributed by atoms with E-state index in [4.69, 9.17) is 9.47 Å². The fourth-order valence-electron chi connectivity index (χ4n) is 3.91. The Kier molecular flexibility index (Phi) is 5.93. The largest absolute Gasteiger partial charge is 0.448 e. The number of aromatic nitrogens is 1. The molecule has 0 spiro atoms. The number of amides is 3. The number of likely N-dealkylation sites (tertiary alicyclic amines) is 1. The van der Waals surface area contributed by atoms with Crippen molar-refractivity contribution < 1.29 is 23.9 Å². The average molecular weight is 431 g/mol. The molecule has 1 N–H and O–H groups in total. The van der Waals surface area contributed by atoms with E-state index < -0.39 is 41.2 Å². The Bertz CT molecular complexity index is 893. The summed E-state index contributed by atoms with van der Waals surface area (Å²) in [6, 6.07) is 4.46. The molecule has 0 radical (unpaired) electrons. The SMILES string of the molecule is CCOC(=O)N1N=C(NC(=O)c2ccccn2)C2CN(C(=O)OC(C)(C)C)C(C)(C)C21. The first-order valence-electron chi connectivity index (χ1n) is 10.2. The van der Waals surface area contributed by atoms with Crippen molar-refractivity contribution in [2.75, 3.05) is 13.2 Å². The molecule has 0 aromatic carbocycles. The molecule has 0 saturated carbocycles. The van der Waals surface area contributed by atoms with Gasteiger partial charge in [0.25, 0.3) is 5.91 Å². The van der Waals surface area contributed by atoms with Crippen molar-refractivity contribution >= 4 is 23.9 Å². The number of hydrazone groups is 1. The molecule has 0 aliphatic carbocycles. The van der Waals surface area contributed by atoms with Crippen LogP contribution in [0, 0.1) is 5.92 Å². The van der Waals surface area contributed by atoms with Gasteiger partial charge in [-0.2, -0.15) is 10.1 Å². The van der Waals surface area contributed by atoms with E-state index in [1.54, 1.807) is 50.8 Å². The number of nitrogens with one attached hydrogen (secondary N) is 1. The minimum absolute atomic E-state index is 0.175. The number of fused-ring (bicyclic) bond motifs is 1. The maximum absolute atomic E-state index is 12.9. The second kappa shape index (κ2) is 8.16. The van der Waals surface area contributed by atoms with Crippen LogP contribution in [0.3, 0.4) is 0 Å². The Balaban J connectivity index is 1.91. The lowest BCUT2D eigenvalue weighted by Gasteiger charge is -2.38. The summed E-state index contributed by atoms with van der Waals surface area (Å²) in [5.41, 5.74) is -1.27. The number of rotatable bonds is 2. The van der Waals surface area contributed by atoms with Crippen LogP contribution in [0.4, 0.5) is 9.59 Å². The number of pyridine rings is 1. The van der Waals surface area contributed by atoms with E-state index in [1.807, 2.05) is 13.8 Å². The van der Waals surface area contributed by atoms with Gasteiger partial charge in [-0.3, -0.25) is 9.78 Å². The number of nitrogens with zero attached hydrogens (tertiary/aromatic N) is 4. The summed E-state index contributed by atoms with van der Waals surface area (Å²) in [6.45, 7) is 11.2. The fourth-order valence-corrected chi connectivity index (χ4v) is 3.91. The van der Waals surface area contributed by atoms with Gasteiger partial charge in [-0.05, 0) is 53.7 Å². The molecule has 3 heterocycles. The highest BCUT2D eigenvalue weighted by Gasteiger charge is 2.59. The molecule has 3 amide bonds. The third-order valence-corrected chi connectivity index (χ3v) is 5.22. The van der Waals surface area contributed by atoms with Crippen molar-refractivity contribution in [2.24, 2.45) is 11.0 Å². The molecule has 2 atom stereocenters. The first-order valence-corrected chi connectivity index (χ1v) is 10.2. The predicted octanol–water partition coefficient (Wildman–Crippen LogP) is 2.61. The molecule has 0 bridgehead atoms. The van der Waals surface area contributed by atoms with E-state index in [0.29, 0.717) is 0 Å². The summed E-state index contributed by atoms with van der Waals surface area (Å²) in [5, 5.41) is 8.33. The van der Waals surface area contributed by atoms with Crippen LogP contribution in [0.5, 0.6) is 0 Å². The summed E-state index contributed by atoms with van der Waals surface area (Å²) in [4.78, 5) is 43.8. The van der Waals surface area contributed by atoms with Gasteiger partial charge in [0.15, 0.2) is 0 Å². The lowest BCUT2D eigenvalue weighted by molar-refractivity contribution is 0.00328. The number of hydrogen-bond acceptors (Lipinski definition) is 7. The van der Waals surface area contributed by atoms with Crippen LogP contribution in [0.25, 0.3) is 0 Å². The molecule has 2 unspecified atom stereocenters. The van der Waals surface area contributed by atoms with Crippen molar-refractivity contribution in [3.63, 3.8) is 0 Å². The smallest absolute Gasteiger partial charge is 0.430 e. The molecule has 31 heavy (non-hydrogen) atoms. The molecule has 10 nitrogen and oxygen atoms in total. The number of ether oxygens (including phenoxy) is 2. The molecule has 3 rings (SSSR count). The van der Waals surface area contributed by atoms with Crippen molar-refractivity contribution in [2.45, 2.75) is 58.7 Å². The Morgan fingerprint density at radius 2 is 1.94 bits per heavy atom. The Hall–Kier alpha value is -3.17.